The van der Waals surface area contributed by atoms with E-state index < -0.39 is 48.7 Å². The van der Waals surface area contributed by atoms with E-state index in [0.29, 0.717) is 23.7 Å². The normalized spacial score (nSPS) is 55.1. The van der Waals surface area contributed by atoms with Gasteiger partial charge in [-0.25, -0.2) is 0 Å². The van der Waals surface area contributed by atoms with E-state index in [2.05, 4.69) is 54.5 Å². The van der Waals surface area contributed by atoms with E-state index in [4.69, 9.17) is 9.47 Å². The number of ether oxygens (including phenoxy) is 2. The molecule has 1 unspecified atom stereocenters. The molecule has 0 aromatic heterocycles. The number of hydrogen-bond donors (Lipinski definition) is 5. The minimum absolute atomic E-state index is 0.0351. The molecule has 250 valence electrons. The summed E-state index contributed by atoms with van der Waals surface area (Å²) in [5, 5.41) is 51.7. The Bertz CT molecular complexity index is 1170. The van der Waals surface area contributed by atoms with Crippen LogP contribution >= 0.6 is 0 Å². The summed E-state index contributed by atoms with van der Waals surface area (Å²) in [6, 6.07) is 0. The predicted molar refractivity (Wildman–Crippen MR) is 165 cm³/mol. The van der Waals surface area contributed by atoms with Crippen molar-refractivity contribution in [3.05, 3.63) is 11.6 Å². The van der Waals surface area contributed by atoms with Gasteiger partial charge in [0.15, 0.2) is 6.29 Å². The monoisotopic (exact) mass is 618 g/mol. The topological polar surface area (TPSA) is 137 Å². The van der Waals surface area contributed by atoms with Crippen LogP contribution in [0.3, 0.4) is 0 Å². The first-order valence-electron chi connectivity index (χ1n) is 17.4. The Kier molecular flexibility index (Phi) is 8.03. The number of aliphatic hydroxyl groups is 4. The molecule has 1 aliphatic heterocycles. The van der Waals surface area contributed by atoms with Gasteiger partial charge in [0, 0.05) is 0 Å². The molecule has 0 aromatic carbocycles. The Labute approximate surface area is 263 Å². The molecule has 4 saturated carbocycles. The second-order valence-electron chi connectivity index (χ2n) is 17.3. The molecule has 0 bridgehead atoms. The SMILES string of the molecule is C[C@@H]1CC[C@]2(C(=O)O)CC[C@]3(C)C(=CC[C@@H]4[C@@]5(C)CC[C@H](O[C@@H]6O[C@H](CO)[C@H](O)[C@H](O)[C@H]6O)C(C)(C)[C@@H]5CC[C@]43C)C2[C@H]1C. The largest absolute Gasteiger partial charge is 0.481 e. The molecule has 0 amide bonds. The molecule has 1 heterocycles. The molecule has 44 heavy (non-hydrogen) atoms. The number of rotatable bonds is 4. The van der Waals surface area contributed by atoms with Crippen LogP contribution in [0.4, 0.5) is 0 Å². The van der Waals surface area contributed by atoms with Gasteiger partial charge in [-0.2, -0.15) is 0 Å². The van der Waals surface area contributed by atoms with Gasteiger partial charge < -0.3 is 35.0 Å². The Morgan fingerprint density at radius 2 is 1.61 bits per heavy atom. The fourth-order valence-corrected chi connectivity index (χ4v) is 12.4. The van der Waals surface area contributed by atoms with Crippen LogP contribution < -0.4 is 0 Å². The van der Waals surface area contributed by atoms with Gasteiger partial charge in [0.05, 0.1) is 18.1 Å². The summed E-state index contributed by atoms with van der Waals surface area (Å²) in [6.07, 6.45) is 4.29. The van der Waals surface area contributed by atoms with E-state index in [1.54, 1.807) is 0 Å². The van der Waals surface area contributed by atoms with Crippen molar-refractivity contribution in [3.8, 4) is 0 Å². The average Bonchev–Trinajstić information content (AvgIpc) is 2.96. The van der Waals surface area contributed by atoms with E-state index in [-0.39, 0.29) is 33.7 Å². The quantitative estimate of drug-likeness (QED) is 0.221. The average molecular weight is 619 g/mol. The van der Waals surface area contributed by atoms with Crippen LogP contribution in [0.25, 0.3) is 0 Å². The summed E-state index contributed by atoms with van der Waals surface area (Å²) in [6.45, 7) is 16.2. The van der Waals surface area contributed by atoms with Crippen molar-refractivity contribution in [2.24, 2.45) is 56.7 Å². The zero-order valence-corrected chi connectivity index (χ0v) is 28.0. The molecule has 5 N–H and O–H groups in total. The third kappa shape index (κ3) is 4.26. The standard InChI is InChI=1S/C36H58O8/c1-19-10-15-36(31(41)42)17-16-34(6)21(26(36)20(19)2)8-9-24-33(5)13-12-25(32(3,4)23(33)11-14-35(24,34)7)44-30-29(40)28(39)27(38)22(18-37)43-30/h8,19-20,22-30,37-40H,9-18H2,1-7H3,(H,41,42)/t19-,20+,22-,23+,24-,25+,26?,27+,28+,29-,30+,33+,34-,35-,36+/m1/s1. The van der Waals surface area contributed by atoms with Gasteiger partial charge in [0.25, 0.3) is 0 Å². The lowest BCUT2D eigenvalue weighted by Crippen LogP contribution is -2.66. The van der Waals surface area contributed by atoms with Crippen molar-refractivity contribution in [2.75, 3.05) is 6.61 Å². The van der Waals surface area contributed by atoms with Gasteiger partial charge in [-0.3, -0.25) is 4.79 Å². The number of carbonyl (C=O) groups is 1. The molecule has 1 saturated heterocycles. The molecule has 0 spiro atoms. The maximum atomic E-state index is 13.0. The molecule has 6 aliphatic rings. The molecule has 8 nitrogen and oxygen atoms in total. The van der Waals surface area contributed by atoms with Gasteiger partial charge in [-0.15, -0.1) is 0 Å². The number of aliphatic carboxylic acids is 1. The van der Waals surface area contributed by atoms with E-state index >= 15 is 0 Å². The summed E-state index contributed by atoms with van der Waals surface area (Å²) in [4.78, 5) is 13.0. The number of fused-ring (bicyclic) bond motifs is 7. The summed E-state index contributed by atoms with van der Waals surface area (Å²) >= 11 is 0. The highest BCUT2D eigenvalue weighted by Gasteiger charge is 2.69. The van der Waals surface area contributed by atoms with Crippen molar-refractivity contribution in [3.63, 3.8) is 0 Å². The van der Waals surface area contributed by atoms with Gasteiger partial charge in [0.1, 0.15) is 24.4 Å². The Hall–Kier alpha value is -1.03. The van der Waals surface area contributed by atoms with Crippen molar-refractivity contribution in [2.45, 2.75) is 143 Å². The highest BCUT2D eigenvalue weighted by atomic mass is 16.7. The molecule has 8 heteroatoms. The minimum Gasteiger partial charge on any atom is -0.481 e. The smallest absolute Gasteiger partial charge is 0.310 e. The zero-order chi connectivity index (χ0) is 32.2. The number of carboxylic acids is 1. The van der Waals surface area contributed by atoms with Crippen LogP contribution in [0.5, 0.6) is 0 Å². The summed E-state index contributed by atoms with van der Waals surface area (Å²) in [5.74, 6) is 1.21. The number of hydrogen-bond acceptors (Lipinski definition) is 7. The van der Waals surface area contributed by atoms with Crippen LogP contribution in [-0.4, -0.2) is 74.9 Å². The lowest BCUT2D eigenvalue weighted by molar-refractivity contribution is -0.330. The third-order valence-corrected chi connectivity index (χ3v) is 15.5. The van der Waals surface area contributed by atoms with Crippen LogP contribution in [-0.2, 0) is 14.3 Å². The minimum atomic E-state index is -1.45. The second-order valence-corrected chi connectivity index (χ2v) is 17.3. The van der Waals surface area contributed by atoms with Gasteiger partial charge >= 0.3 is 5.97 Å². The predicted octanol–water partition coefficient (Wildman–Crippen LogP) is 4.91. The molecule has 5 fully saturated rings. The van der Waals surface area contributed by atoms with Crippen molar-refractivity contribution in [1.82, 2.24) is 0 Å². The summed E-state index contributed by atoms with van der Waals surface area (Å²) in [7, 11) is 0. The van der Waals surface area contributed by atoms with E-state index in [0.717, 1.165) is 57.8 Å². The van der Waals surface area contributed by atoms with Gasteiger partial charge in [0.2, 0.25) is 0 Å². The fraction of sp³-hybridized carbons (Fsp3) is 0.917. The van der Waals surface area contributed by atoms with Crippen LogP contribution in [0.2, 0.25) is 0 Å². The van der Waals surface area contributed by atoms with E-state index in [9.17, 15) is 30.3 Å². The highest BCUT2D eigenvalue weighted by molar-refractivity contribution is 5.76. The maximum Gasteiger partial charge on any atom is 0.310 e. The molecule has 6 rings (SSSR count). The van der Waals surface area contributed by atoms with Crippen LogP contribution in [0, 0.1) is 56.7 Å². The molecular formula is C36H58O8. The van der Waals surface area contributed by atoms with Crippen molar-refractivity contribution >= 4 is 5.97 Å². The van der Waals surface area contributed by atoms with Crippen molar-refractivity contribution in [1.29, 1.82) is 0 Å². The number of allylic oxidation sites excluding steroid dienone is 2. The van der Waals surface area contributed by atoms with E-state index in [1.165, 1.54) is 5.57 Å². The summed E-state index contributed by atoms with van der Waals surface area (Å²) < 4.78 is 12.2. The first kappa shape index (κ1) is 32.9. The Morgan fingerprint density at radius 3 is 2.27 bits per heavy atom. The fourth-order valence-electron chi connectivity index (χ4n) is 12.4. The highest BCUT2D eigenvalue weighted by Crippen LogP contribution is 2.76. The second kappa shape index (κ2) is 10.7. The lowest BCUT2D eigenvalue weighted by Gasteiger charge is -2.71. The Morgan fingerprint density at radius 1 is 0.909 bits per heavy atom. The van der Waals surface area contributed by atoms with Gasteiger partial charge in [-0.05, 0) is 109 Å². The van der Waals surface area contributed by atoms with Crippen LogP contribution in [0.1, 0.15) is 106 Å². The first-order valence-corrected chi connectivity index (χ1v) is 17.4. The third-order valence-electron chi connectivity index (χ3n) is 15.5. The van der Waals surface area contributed by atoms with E-state index in [1.807, 2.05) is 0 Å². The number of carboxylic acid groups (broad SMARTS) is 1. The molecule has 0 aromatic rings. The summed E-state index contributed by atoms with van der Waals surface area (Å²) in [5.41, 5.74) is 0.662. The molecule has 5 aliphatic carbocycles. The number of aliphatic hydroxyl groups excluding tert-OH is 4. The lowest BCUT2D eigenvalue weighted by atomic mass is 9.33. The first-order chi connectivity index (χ1) is 20.5. The Balaban J connectivity index is 1.30. The zero-order valence-electron chi connectivity index (χ0n) is 28.0. The molecule has 0 radical (unpaired) electrons. The molecular weight excluding hydrogens is 560 g/mol. The van der Waals surface area contributed by atoms with Crippen LogP contribution in [0.15, 0.2) is 11.6 Å². The maximum absolute atomic E-state index is 13.0. The molecule has 15 atom stereocenters. The van der Waals surface area contributed by atoms with Gasteiger partial charge in [-0.1, -0.05) is 60.1 Å². The van der Waals surface area contributed by atoms with Crippen molar-refractivity contribution < 1.29 is 39.8 Å².